The molecule has 2 atom stereocenters. The Bertz CT molecular complexity index is 627. The number of amides is 2. The maximum Gasteiger partial charge on any atom is 0.272 e. The number of aliphatic hydroxyl groups excluding tert-OH is 1. The van der Waals surface area contributed by atoms with Crippen molar-refractivity contribution < 1.29 is 24.6 Å². The monoisotopic (exact) mass is 379 g/mol. The Morgan fingerprint density at radius 3 is 2.22 bits per heavy atom. The van der Waals surface area contributed by atoms with Gasteiger partial charge in [-0.1, -0.05) is 13.8 Å². The number of nitrogens with zero attached hydrogens (tertiary/aromatic N) is 2. The quantitative estimate of drug-likeness (QED) is 0.480. The van der Waals surface area contributed by atoms with E-state index in [2.05, 4.69) is 4.90 Å². The summed E-state index contributed by atoms with van der Waals surface area (Å²) in [7, 11) is 1.62. The highest BCUT2D eigenvalue weighted by atomic mass is 16.5. The summed E-state index contributed by atoms with van der Waals surface area (Å²) in [5.74, 6) is -1.16. The molecule has 1 aromatic carbocycles. The highest BCUT2D eigenvalue weighted by Gasteiger charge is 2.36. The Labute approximate surface area is 159 Å². The van der Waals surface area contributed by atoms with Gasteiger partial charge in [0.2, 0.25) is 5.91 Å². The standard InChI is InChI=1S/C19H29N3O5/c1-13(2)12-16(17(23)18(24)20-26)19(25)22-10-8-21(9-11-22)14-4-6-15(27-3)7-5-14/h4-7,13,16-17,23,26H,8-12H2,1-3H3,(H,20,24)/t16-,17?/m0/s1. The minimum Gasteiger partial charge on any atom is -0.497 e. The van der Waals surface area contributed by atoms with Gasteiger partial charge in [-0.05, 0) is 36.6 Å². The lowest BCUT2D eigenvalue weighted by atomic mass is 9.90. The van der Waals surface area contributed by atoms with Crippen LogP contribution in [0.3, 0.4) is 0 Å². The van der Waals surface area contributed by atoms with Crippen LogP contribution in [-0.4, -0.2) is 66.4 Å². The second-order valence-corrected chi connectivity index (χ2v) is 7.17. The maximum atomic E-state index is 12.9. The third kappa shape index (κ3) is 5.33. The van der Waals surface area contributed by atoms with Crippen LogP contribution in [0.15, 0.2) is 24.3 Å². The van der Waals surface area contributed by atoms with Crippen molar-refractivity contribution in [3.05, 3.63) is 24.3 Å². The summed E-state index contributed by atoms with van der Waals surface area (Å²) in [6.45, 7) is 6.18. The first-order valence-electron chi connectivity index (χ1n) is 9.17. The van der Waals surface area contributed by atoms with Gasteiger partial charge in [0.25, 0.3) is 5.91 Å². The number of nitrogens with one attached hydrogen (secondary N) is 1. The van der Waals surface area contributed by atoms with Crippen molar-refractivity contribution in [2.45, 2.75) is 26.4 Å². The lowest BCUT2D eigenvalue weighted by Gasteiger charge is -2.38. The fraction of sp³-hybridized carbons (Fsp3) is 0.579. The third-order valence-electron chi connectivity index (χ3n) is 4.83. The molecule has 150 valence electrons. The van der Waals surface area contributed by atoms with Gasteiger partial charge in [-0.3, -0.25) is 14.8 Å². The number of aliphatic hydroxyl groups is 1. The summed E-state index contributed by atoms with van der Waals surface area (Å²) in [5.41, 5.74) is 2.49. The predicted molar refractivity (Wildman–Crippen MR) is 101 cm³/mol. The normalized spacial score (nSPS) is 16.8. The van der Waals surface area contributed by atoms with E-state index in [0.29, 0.717) is 32.6 Å². The van der Waals surface area contributed by atoms with E-state index in [9.17, 15) is 14.7 Å². The molecule has 1 heterocycles. The second kappa shape index (κ2) is 9.57. The van der Waals surface area contributed by atoms with Crippen LogP contribution >= 0.6 is 0 Å². The lowest BCUT2D eigenvalue weighted by molar-refractivity contribution is -0.151. The number of ether oxygens (including phenoxy) is 1. The second-order valence-electron chi connectivity index (χ2n) is 7.17. The molecular formula is C19H29N3O5. The fourth-order valence-electron chi connectivity index (χ4n) is 3.33. The molecule has 2 amide bonds. The van der Waals surface area contributed by atoms with Crippen molar-refractivity contribution in [3.8, 4) is 5.75 Å². The van der Waals surface area contributed by atoms with E-state index in [1.54, 1.807) is 12.0 Å². The molecule has 0 aliphatic carbocycles. The number of hydroxylamine groups is 1. The van der Waals surface area contributed by atoms with Crippen molar-refractivity contribution in [3.63, 3.8) is 0 Å². The highest BCUT2D eigenvalue weighted by molar-refractivity contribution is 5.88. The molecule has 0 bridgehead atoms. The molecule has 1 saturated heterocycles. The van der Waals surface area contributed by atoms with Gasteiger partial charge in [-0.15, -0.1) is 0 Å². The van der Waals surface area contributed by atoms with E-state index in [1.165, 1.54) is 5.48 Å². The van der Waals surface area contributed by atoms with Crippen molar-refractivity contribution in [1.29, 1.82) is 0 Å². The van der Waals surface area contributed by atoms with Crippen LogP contribution in [0.2, 0.25) is 0 Å². The molecule has 27 heavy (non-hydrogen) atoms. The molecule has 0 spiro atoms. The number of piperazine rings is 1. The summed E-state index contributed by atoms with van der Waals surface area (Å²) in [6.07, 6.45) is -1.20. The van der Waals surface area contributed by atoms with Gasteiger partial charge in [0.15, 0.2) is 0 Å². The zero-order chi connectivity index (χ0) is 20.0. The summed E-state index contributed by atoms with van der Waals surface area (Å²) >= 11 is 0. The van der Waals surface area contributed by atoms with Crippen LogP contribution in [0.1, 0.15) is 20.3 Å². The zero-order valence-corrected chi connectivity index (χ0v) is 16.1. The Morgan fingerprint density at radius 2 is 1.74 bits per heavy atom. The molecule has 0 saturated carbocycles. The molecule has 2 rings (SSSR count). The van der Waals surface area contributed by atoms with E-state index in [0.717, 1.165) is 11.4 Å². The van der Waals surface area contributed by atoms with Gasteiger partial charge in [-0.2, -0.15) is 0 Å². The molecule has 1 aromatic rings. The minimum atomic E-state index is -1.57. The average molecular weight is 379 g/mol. The number of hydrogen-bond acceptors (Lipinski definition) is 6. The van der Waals surface area contributed by atoms with Gasteiger partial charge in [-0.25, -0.2) is 5.48 Å². The summed E-state index contributed by atoms with van der Waals surface area (Å²) in [5, 5.41) is 18.9. The molecule has 8 nitrogen and oxygen atoms in total. The highest BCUT2D eigenvalue weighted by Crippen LogP contribution is 2.23. The molecule has 1 aliphatic heterocycles. The summed E-state index contributed by atoms with van der Waals surface area (Å²) in [6, 6.07) is 7.76. The predicted octanol–water partition coefficient (Wildman–Crippen LogP) is 0.872. The van der Waals surface area contributed by atoms with E-state index in [-0.39, 0.29) is 11.8 Å². The van der Waals surface area contributed by atoms with Gasteiger partial charge in [0, 0.05) is 31.9 Å². The van der Waals surface area contributed by atoms with Crippen LogP contribution < -0.4 is 15.1 Å². The average Bonchev–Trinajstić information content (AvgIpc) is 2.70. The van der Waals surface area contributed by atoms with Crippen molar-refractivity contribution in [2.75, 3.05) is 38.2 Å². The van der Waals surface area contributed by atoms with E-state index in [4.69, 9.17) is 9.94 Å². The molecule has 3 N–H and O–H groups in total. The van der Waals surface area contributed by atoms with E-state index >= 15 is 0 Å². The van der Waals surface area contributed by atoms with E-state index < -0.39 is 17.9 Å². The maximum absolute atomic E-state index is 12.9. The minimum absolute atomic E-state index is 0.126. The first-order valence-corrected chi connectivity index (χ1v) is 9.17. The molecule has 1 aliphatic rings. The molecule has 1 unspecified atom stereocenters. The summed E-state index contributed by atoms with van der Waals surface area (Å²) < 4.78 is 5.17. The van der Waals surface area contributed by atoms with Gasteiger partial charge in [0.05, 0.1) is 13.0 Å². The van der Waals surface area contributed by atoms with Crippen molar-refractivity contribution >= 4 is 17.5 Å². The van der Waals surface area contributed by atoms with Crippen molar-refractivity contribution in [2.24, 2.45) is 11.8 Å². The lowest BCUT2D eigenvalue weighted by Crippen LogP contribution is -2.53. The smallest absolute Gasteiger partial charge is 0.272 e. The Morgan fingerprint density at radius 1 is 1.15 bits per heavy atom. The Balaban J connectivity index is 2.00. The molecule has 8 heteroatoms. The van der Waals surface area contributed by atoms with Gasteiger partial charge < -0.3 is 19.6 Å². The van der Waals surface area contributed by atoms with Crippen LogP contribution in [0.25, 0.3) is 0 Å². The summed E-state index contributed by atoms with van der Waals surface area (Å²) in [4.78, 5) is 28.4. The number of carbonyl (C=O) groups excluding carboxylic acids is 2. The SMILES string of the molecule is COc1ccc(N2CCN(C(=O)[C@@H](CC(C)C)C(O)C(=O)NO)CC2)cc1. The third-order valence-corrected chi connectivity index (χ3v) is 4.83. The number of carbonyl (C=O) groups is 2. The number of hydrogen-bond donors (Lipinski definition) is 3. The topological polar surface area (TPSA) is 102 Å². The largest absolute Gasteiger partial charge is 0.497 e. The fourth-order valence-corrected chi connectivity index (χ4v) is 3.33. The zero-order valence-electron chi connectivity index (χ0n) is 16.1. The molecule has 0 radical (unpaired) electrons. The first kappa shape index (κ1) is 21.0. The van der Waals surface area contributed by atoms with Crippen LogP contribution in [0, 0.1) is 11.8 Å². The van der Waals surface area contributed by atoms with Crippen LogP contribution in [0.4, 0.5) is 5.69 Å². The molecule has 1 fully saturated rings. The first-order chi connectivity index (χ1) is 12.9. The number of anilines is 1. The molecular weight excluding hydrogens is 350 g/mol. The van der Waals surface area contributed by atoms with E-state index in [1.807, 2.05) is 38.1 Å². The van der Waals surface area contributed by atoms with Crippen LogP contribution in [-0.2, 0) is 9.59 Å². The Hall–Kier alpha value is -2.32. The van der Waals surface area contributed by atoms with Gasteiger partial charge >= 0.3 is 0 Å². The molecule has 0 aromatic heterocycles. The van der Waals surface area contributed by atoms with Crippen LogP contribution in [0.5, 0.6) is 5.75 Å². The Kier molecular flexibility index (Phi) is 7.44. The van der Waals surface area contributed by atoms with Crippen molar-refractivity contribution in [1.82, 2.24) is 10.4 Å². The van der Waals surface area contributed by atoms with Gasteiger partial charge in [0.1, 0.15) is 11.9 Å². The number of methoxy groups -OCH3 is 1. The number of benzene rings is 1. The number of rotatable bonds is 7.